The van der Waals surface area contributed by atoms with Gasteiger partial charge in [0.1, 0.15) is 5.69 Å². The third-order valence-electron chi connectivity index (χ3n) is 3.54. The minimum Gasteiger partial charge on any atom is -0.294 e. The van der Waals surface area contributed by atoms with Gasteiger partial charge in [-0.15, -0.1) is 0 Å². The summed E-state index contributed by atoms with van der Waals surface area (Å²) in [6.45, 7) is 1.80. The number of aryl methyl sites for hydroxylation is 1. The zero-order chi connectivity index (χ0) is 14.3. The lowest BCUT2D eigenvalue weighted by Gasteiger charge is -2.13. The smallest absolute Gasteiger partial charge is 0.294 e. The number of nitro groups is 1. The van der Waals surface area contributed by atoms with E-state index in [9.17, 15) is 14.9 Å². The average Bonchev–Trinajstić information content (AvgIpc) is 2.84. The first kappa shape index (κ1) is 12.5. The van der Waals surface area contributed by atoms with Gasteiger partial charge in [-0.25, -0.2) is 4.68 Å². The fourth-order valence-electron chi connectivity index (χ4n) is 2.56. The predicted molar refractivity (Wildman–Crippen MR) is 72.2 cm³/mol. The van der Waals surface area contributed by atoms with Crippen molar-refractivity contribution in [3.05, 3.63) is 51.3 Å². The molecule has 0 fully saturated rings. The van der Waals surface area contributed by atoms with Gasteiger partial charge < -0.3 is 0 Å². The average molecular weight is 271 g/mol. The van der Waals surface area contributed by atoms with E-state index in [1.165, 1.54) is 16.9 Å². The molecule has 1 aliphatic carbocycles. The van der Waals surface area contributed by atoms with Gasteiger partial charge in [0, 0.05) is 12.5 Å². The lowest BCUT2D eigenvalue weighted by molar-refractivity contribution is -0.384. The lowest BCUT2D eigenvalue weighted by Crippen LogP contribution is -2.13. The zero-order valence-corrected chi connectivity index (χ0v) is 11.0. The molecule has 0 bridgehead atoms. The number of Topliss-reactive ketones (excluding diaryl/α,β-unsaturated/α-hetero) is 1. The van der Waals surface area contributed by atoms with Crippen LogP contribution in [-0.2, 0) is 6.42 Å². The Balaban J connectivity index is 2.20. The third-order valence-corrected chi connectivity index (χ3v) is 3.54. The number of fused-ring (bicyclic) bond motifs is 1. The van der Waals surface area contributed by atoms with Crippen molar-refractivity contribution in [2.24, 2.45) is 0 Å². The number of carbonyl (C=O) groups excluding carboxylic acids is 1. The highest BCUT2D eigenvalue weighted by Crippen LogP contribution is 2.29. The van der Waals surface area contributed by atoms with E-state index in [1.807, 2.05) is 0 Å². The number of benzene rings is 1. The van der Waals surface area contributed by atoms with E-state index < -0.39 is 4.92 Å². The van der Waals surface area contributed by atoms with Crippen molar-refractivity contribution in [2.75, 3.05) is 0 Å². The van der Waals surface area contributed by atoms with Crippen molar-refractivity contribution < 1.29 is 9.72 Å². The topological polar surface area (TPSA) is 78.0 Å². The molecule has 1 heterocycles. The highest BCUT2D eigenvalue weighted by Gasteiger charge is 2.25. The fourth-order valence-corrected chi connectivity index (χ4v) is 2.56. The molecule has 1 aromatic heterocycles. The molecule has 6 heteroatoms. The Hall–Kier alpha value is -2.50. The summed E-state index contributed by atoms with van der Waals surface area (Å²) in [6, 6.07) is 5.01. The summed E-state index contributed by atoms with van der Waals surface area (Å²) in [6.07, 6.45) is 3.51. The molecule has 0 amide bonds. The molecule has 0 saturated heterocycles. The Labute approximate surface area is 115 Å². The van der Waals surface area contributed by atoms with Crippen LogP contribution in [0.1, 0.15) is 34.5 Å². The normalized spacial score (nSPS) is 14.2. The first-order chi connectivity index (χ1) is 9.58. The monoisotopic (exact) mass is 271 g/mol. The van der Waals surface area contributed by atoms with Gasteiger partial charge in [-0.2, -0.15) is 5.10 Å². The molecule has 0 N–H and O–H groups in total. The van der Waals surface area contributed by atoms with E-state index in [4.69, 9.17) is 0 Å². The van der Waals surface area contributed by atoms with E-state index in [0.29, 0.717) is 24.1 Å². The molecule has 0 radical (unpaired) electrons. The number of hydrogen-bond acceptors (Lipinski definition) is 4. The Kier molecular flexibility index (Phi) is 2.85. The van der Waals surface area contributed by atoms with Gasteiger partial charge in [0.2, 0.25) is 0 Å². The fraction of sp³-hybridized carbons (Fsp3) is 0.286. The van der Waals surface area contributed by atoms with Gasteiger partial charge in [0.15, 0.2) is 5.78 Å². The maximum atomic E-state index is 11.8. The summed E-state index contributed by atoms with van der Waals surface area (Å²) in [4.78, 5) is 22.6. The largest absolute Gasteiger partial charge is 0.295 e. The van der Waals surface area contributed by atoms with E-state index >= 15 is 0 Å². The SMILES string of the molecule is Cc1ccc(-n2ncc3c2CCCC3=O)c([N+](=O)[O-])c1. The van der Waals surface area contributed by atoms with Crippen LogP contribution in [0.4, 0.5) is 5.69 Å². The highest BCUT2D eigenvalue weighted by molar-refractivity contribution is 5.98. The molecule has 0 atom stereocenters. The van der Waals surface area contributed by atoms with Crippen LogP contribution in [0.25, 0.3) is 5.69 Å². The molecule has 6 nitrogen and oxygen atoms in total. The van der Waals surface area contributed by atoms with Crippen LogP contribution in [0.5, 0.6) is 0 Å². The first-order valence-electron chi connectivity index (χ1n) is 6.43. The minimum atomic E-state index is -0.416. The number of nitrogens with zero attached hydrogens (tertiary/aromatic N) is 3. The van der Waals surface area contributed by atoms with Gasteiger partial charge in [0.25, 0.3) is 5.69 Å². The number of rotatable bonds is 2. The molecule has 1 aromatic carbocycles. The van der Waals surface area contributed by atoms with Crippen LogP contribution < -0.4 is 0 Å². The number of ketones is 1. The highest BCUT2D eigenvalue weighted by atomic mass is 16.6. The summed E-state index contributed by atoms with van der Waals surface area (Å²) < 4.78 is 1.53. The van der Waals surface area contributed by atoms with Crippen molar-refractivity contribution in [3.8, 4) is 5.69 Å². The zero-order valence-electron chi connectivity index (χ0n) is 11.0. The third kappa shape index (κ3) is 1.89. The summed E-state index contributed by atoms with van der Waals surface area (Å²) >= 11 is 0. The van der Waals surface area contributed by atoms with Crippen molar-refractivity contribution in [3.63, 3.8) is 0 Å². The van der Waals surface area contributed by atoms with Gasteiger partial charge in [-0.1, -0.05) is 6.07 Å². The van der Waals surface area contributed by atoms with Crippen LogP contribution >= 0.6 is 0 Å². The molecule has 2 aromatic rings. The quantitative estimate of drug-likeness (QED) is 0.621. The van der Waals surface area contributed by atoms with Crippen LogP contribution in [0.2, 0.25) is 0 Å². The number of aromatic nitrogens is 2. The minimum absolute atomic E-state index is 0.00826. The second-order valence-electron chi connectivity index (χ2n) is 4.94. The summed E-state index contributed by atoms with van der Waals surface area (Å²) in [7, 11) is 0. The molecule has 3 rings (SSSR count). The van der Waals surface area contributed by atoms with Crippen LogP contribution in [0, 0.1) is 17.0 Å². The molecule has 0 spiro atoms. The molecule has 1 aliphatic rings. The molecule has 20 heavy (non-hydrogen) atoms. The summed E-state index contributed by atoms with van der Waals surface area (Å²) in [5.74, 6) is 0.0623. The summed E-state index contributed by atoms with van der Waals surface area (Å²) in [5, 5.41) is 15.4. The van der Waals surface area contributed by atoms with Crippen molar-refractivity contribution in [2.45, 2.75) is 26.2 Å². The first-order valence-corrected chi connectivity index (χ1v) is 6.43. The standard InChI is InChI=1S/C14H13N3O3/c1-9-5-6-12(13(7-9)17(19)20)16-11-3-2-4-14(18)10(11)8-15-16/h5-8H,2-4H2,1H3. The van der Waals surface area contributed by atoms with Crippen LogP contribution in [0.3, 0.4) is 0 Å². The lowest BCUT2D eigenvalue weighted by atomic mass is 9.97. The van der Waals surface area contributed by atoms with Gasteiger partial charge >= 0.3 is 0 Å². The molecule has 102 valence electrons. The maximum absolute atomic E-state index is 11.8. The van der Waals surface area contributed by atoms with Crippen molar-refractivity contribution >= 4 is 11.5 Å². The second kappa shape index (κ2) is 4.56. The Morgan fingerprint density at radius 1 is 1.35 bits per heavy atom. The number of carbonyl (C=O) groups is 1. The molecular weight excluding hydrogens is 258 g/mol. The van der Waals surface area contributed by atoms with Gasteiger partial charge in [-0.05, 0) is 31.4 Å². The van der Waals surface area contributed by atoms with Crippen LogP contribution in [0.15, 0.2) is 24.4 Å². The van der Waals surface area contributed by atoms with Crippen molar-refractivity contribution in [1.29, 1.82) is 0 Å². The maximum Gasteiger partial charge on any atom is 0.295 e. The Bertz CT molecular complexity index is 718. The molecule has 0 aliphatic heterocycles. The predicted octanol–water partition coefficient (Wildman–Crippen LogP) is 2.61. The number of nitro benzene ring substituents is 1. The molecular formula is C14H13N3O3. The van der Waals surface area contributed by atoms with E-state index in [-0.39, 0.29) is 11.5 Å². The van der Waals surface area contributed by atoms with E-state index in [0.717, 1.165) is 17.7 Å². The molecule has 0 saturated carbocycles. The molecule has 0 unspecified atom stereocenters. The van der Waals surface area contributed by atoms with E-state index in [1.54, 1.807) is 19.1 Å². The van der Waals surface area contributed by atoms with Crippen molar-refractivity contribution in [1.82, 2.24) is 9.78 Å². The van der Waals surface area contributed by atoms with E-state index in [2.05, 4.69) is 5.10 Å². The van der Waals surface area contributed by atoms with Gasteiger partial charge in [-0.3, -0.25) is 14.9 Å². The summed E-state index contributed by atoms with van der Waals surface area (Å²) in [5.41, 5.74) is 2.60. The second-order valence-corrected chi connectivity index (χ2v) is 4.94. The van der Waals surface area contributed by atoms with Crippen LogP contribution in [-0.4, -0.2) is 20.5 Å². The Morgan fingerprint density at radius 2 is 2.15 bits per heavy atom. The Morgan fingerprint density at radius 3 is 2.90 bits per heavy atom. The van der Waals surface area contributed by atoms with Gasteiger partial charge in [0.05, 0.1) is 22.4 Å². The number of hydrogen-bond donors (Lipinski definition) is 0.